The van der Waals surface area contributed by atoms with E-state index in [1.807, 2.05) is 25.7 Å². The molecule has 0 radical (unpaired) electrons. The van der Waals surface area contributed by atoms with E-state index in [-0.39, 0.29) is 29.3 Å². The van der Waals surface area contributed by atoms with Gasteiger partial charge in [0.15, 0.2) is 8.32 Å². The molecule has 45 heavy (non-hydrogen) atoms. The van der Waals surface area contributed by atoms with Gasteiger partial charge in [0.25, 0.3) is 0 Å². The van der Waals surface area contributed by atoms with Gasteiger partial charge in [-0.05, 0) is 105 Å². The smallest absolute Gasteiger partial charge is 0.410 e. The maximum Gasteiger partial charge on any atom is 0.410 e. The number of hydrogen-bond acceptors (Lipinski definition) is 5. The van der Waals surface area contributed by atoms with Gasteiger partial charge in [-0.1, -0.05) is 71.0 Å². The summed E-state index contributed by atoms with van der Waals surface area (Å²) >= 11 is 0. The summed E-state index contributed by atoms with van der Waals surface area (Å²) in [7, 11) is -2.09. The molecule has 1 spiro atoms. The van der Waals surface area contributed by atoms with E-state index in [0.29, 0.717) is 19.7 Å². The lowest BCUT2D eigenvalue weighted by molar-refractivity contribution is -0.142. The molecule has 2 aliphatic carbocycles. The average Bonchev–Trinajstić information content (AvgIpc) is 3.55. The SMILES string of the molecule is CCC1=C(c2ccccc2)[C@@H]2C=C3[C@]1(O2)[C@H](C)C[C@@]12CN(C(=O)OC(C)(C)C)CCO[C@@]31CC=C2[C@@H](C)O[Si](C)(C)C(C)(C)C. The van der Waals surface area contributed by atoms with Gasteiger partial charge >= 0.3 is 6.09 Å². The highest BCUT2D eigenvalue weighted by Crippen LogP contribution is 2.71. The molecule has 0 N–H and O–H groups in total. The Kier molecular flexibility index (Phi) is 7.76. The van der Waals surface area contributed by atoms with Crippen molar-refractivity contribution in [1.82, 2.24) is 4.90 Å². The van der Waals surface area contributed by atoms with Crippen LogP contribution in [-0.2, 0) is 18.6 Å². The molecule has 3 aliphatic heterocycles. The van der Waals surface area contributed by atoms with E-state index in [4.69, 9.17) is 18.6 Å². The Labute approximate surface area is 272 Å². The summed E-state index contributed by atoms with van der Waals surface area (Å²) in [5, 5.41) is 0.0806. The number of amides is 1. The number of rotatable bonds is 5. The van der Waals surface area contributed by atoms with Crippen LogP contribution in [0, 0.1) is 11.3 Å². The molecule has 1 aromatic rings. The normalized spacial score (nSPS) is 33.6. The third-order valence-electron chi connectivity index (χ3n) is 11.8. The summed E-state index contributed by atoms with van der Waals surface area (Å²) in [5.41, 5.74) is 4.34. The molecule has 2 bridgehead atoms. The lowest BCUT2D eigenvalue weighted by Crippen LogP contribution is -2.65. The highest BCUT2D eigenvalue weighted by Gasteiger charge is 2.74. The van der Waals surface area contributed by atoms with Crippen molar-refractivity contribution < 1.29 is 23.4 Å². The number of nitrogens with zero attached hydrogens (tertiary/aromatic N) is 1. The first-order chi connectivity index (χ1) is 20.9. The Bertz CT molecular complexity index is 1450. The minimum atomic E-state index is -2.09. The zero-order valence-corrected chi connectivity index (χ0v) is 30.5. The fourth-order valence-electron chi connectivity index (χ4n) is 9.05. The van der Waals surface area contributed by atoms with Crippen molar-refractivity contribution in [2.24, 2.45) is 11.3 Å². The molecule has 7 heteroatoms. The molecule has 1 aromatic carbocycles. The molecule has 6 atom stereocenters. The lowest BCUT2D eigenvalue weighted by Gasteiger charge is -2.59. The van der Waals surface area contributed by atoms with E-state index >= 15 is 0 Å². The Hall–Kier alpha value is -2.19. The number of carbonyl (C=O) groups is 1. The molecule has 6 nitrogen and oxygen atoms in total. The predicted octanol–water partition coefficient (Wildman–Crippen LogP) is 8.70. The van der Waals surface area contributed by atoms with Gasteiger partial charge in [-0.15, -0.1) is 0 Å². The first kappa shape index (κ1) is 32.7. The van der Waals surface area contributed by atoms with Crippen LogP contribution in [0.5, 0.6) is 0 Å². The third kappa shape index (κ3) is 4.77. The molecule has 1 saturated carbocycles. The Morgan fingerprint density at radius 2 is 1.82 bits per heavy atom. The predicted molar refractivity (Wildman–Crippen MR) is 182 cm³/mol. The molecule has 0 aromatic heterocycles. The maximum absolute atomic E-state index is 13.8. The van der Waals surface area contributed by atoms with Gasteiger partial charge in [0.2, 0.25) is 0 Å². The number of benzene rings is 1. The van der Waals surface area contributed by atoms with E-state index < -0.39 is 30.5 Å². The molecule has 6 rings (SSSR count). The first-order valence-corrected chi connectivity index (χ1v) is 20.0. The van der Waals surface area contributed by atoms with Crippen molar-refractivity contribution >= 4 is 20.0 Å². The fourth-order valence-corrected chi connectivity index (χ4v) is 10.4. The summed E-state index contributed by atoms with van der Waals surface area (Å²) in [6.07, 6.45) is 6.82. The number of ether oxygens (including phenoxy) is 3. The highest BCUT2D eigenvalue weighted by atomic mass is 28.4. The molecule has 0 unspecified atom stereocenters. The van der Waals surface area contributed by atoms with Gasteiger partial charge in [-0.3, -0.25) is 0 Å². The molecule has 5 aliphatic rings. The van der Waals surface area contributed by atoms with Crippen molar-refractivity contribution in [3.8, 4) is 0 Å². The van der Waals surface area contributed by atoms with Crippen LogP contribution in [-0.4, -0.2) is 68.0 Å². The van der Waals surface area contributed by atoms with E-state index in [1.54, 1.807) is 0 Å². The van der Waals surface area contributed by atoms with Gasteiger partial charge in [-0.25, -0.2) is 4.79 Å². The second-order valence-corrected chi connectivity index (χ2v) is 21.4. The highest BCUT2D eigenvalue weighted by molar-refractivity contribution is 6.74. The molecule has 1 amide bonds. The van der Waals surface area contributed by atoms with Crippen molar-refractivity contribution in [3.63, 3.8) is 0 Å². The quantitative estimate of drug-likeness (QED) is 0.240. The summed E-state index contributed by atoms with van der Waals surface area (Å²) in [4.78, 5) is 15.7. The van der Waals surface area contributed by atoms with Crippen molar-refractivity contribution in [2.45, 2.75) is 129 Å². The van der Waals surface area contributed by atoms with Gasteiger partial charge in [0.05, 0.1) is 12.7 Å². The van der Waals surface area contributed by atoms with Gasteiger partial charge < -0.3 is 23.5 Å². The zero-order chi connectivity index (χ0) is 32.8. The maximum atomic E-state index is 13.8. The second kappa shape index (κ2) is 10.7. The summed E-state index contributed by atoms with van der Waals surface area (Å²) in [6, 6.07) is 10.7. The second-order valence-electron chi connectivity index (χ2n) is 16.6. The Morgan fingerprint density at radius 3 is 2.44 bits per heavy atom. The van der Waals surface area contributed by atoms with Crippen LogP contribution < -0.4 is 0 Å². The average molecular weight is 634 g/mol. The molecule has 3 heterocycles. The van der Waals surface area contributed by atoms with Crippen LogP contribution in [0.3, 0.4) is 0 Å². The van der Waals surface area contributed by atoms with Crippen LogP contribution in [0.15, 0.2) is 59.2 Å². The Balaban J connectivity index is 1.48. The summed E-state index contributed by atoms with van der Waals surface area (Å²) in [5.74, 6) is 0.168. The molecular formula is C38H55NO5Si. The topological polar surface area (TPSA) is 57.2 Å². The third-order valence-corrected chi connectivity index (χ3v) is 16.3. The first-order valence-electron chi connectivity index (χ1n) is 17.1. The van der Waals surface area contributed by atoms with Gasteiger partial charge in [-0.2, -0.15) is 0 Å². The van der Waals surface area contributed by atoms with Crippen LogP contribution in [0.25, 0.3) is 5.57 Å². The molecule has 2 fully saturated rings. The van der Waals surface area contributed by atoms with E-state index in [9.17, 15) is 4.79 Å². The van der Waals surface area contributed by atoms with Gasteiger partial charge in [0.1, 0.15) is 22.9 Å². The number of hydrogen-bond donors (Lipinski definition) is 0. The molecular weight excluding hydrogens is 579 g/mol. The van der Waals surface area contributed by atoms with Crippen LogP contribution in [0.4, 0.5) is 4.79 Å². The van der Waals surface area contributed by atoms with Crippen LogP contribution >= 0.6 is 0 Å². The standard InChI is InChI=1S/C38H55NO5Si/c1-12-28-32(27-16-14-13-15-17-27)30-22-31-37-19-18-29(26(3)44-45(10,11)35(7,8)9)36(37,23-25(2)38(28,31)42-30)24-39(20-21-41-37)33(40)43-34(4,5)6/h13-18,22,25-26,30H,12,19-21,23-24H2,1-11H3/t25-,26-,30+,36+,37+,38+/m1/s1. The Morgan fingerprint density at radius 1 is 1.13 bits per heavy atom. The van der Waals surface area contributed by atoms with Gasteiger partial charge in [0, 0.05) is 18.5 Å². The van der Waals surface area contributed by atoms with E-state index in [0.717, 1.165) is 19.3 Å². The minimum Gasteiger partial charge on any atom is -0.444 e. The van der Waals surface area contributed by atoms with Crippen molar-refractivity contribution in [1.29, 1.82) is 0 Å². The number of carbonyl (C=O) groups excluding carboxylic acids is 1. The van der Waals surface area contributed by atoms with Crippen LogP contribution in [0.2, 0.25) is 18.1 Å². The van der Waals surface area contributed by atoms with Crippen LogP contribution in [0.1, 0.15) is 87.1 Å². The summed E-state index contributed by atoms with van der Waals surface area (Å²) < 4.78 is 27.5. The minimum absolute atomic E-state index is 0.0806. The van der Waals surface area contributed by atoms with Crippen molar-refractivity contribution in [2.75, 3.05) is 19.7 Å². The molecule has 1 saturated heterocycles. The summed E-state index contributed by atoms with van der Waals surface area (Å²) in [6.45, 7) is 25.7. The van der Waals surface area contributed by atoms with E-state index in [2.05, 4.69) is 97.1 Å². The van der Waals surface area contributed by atoms with E-state index in [1.165, 1.54) is 27.9 Å². The lowest BCUT2D eigenvalue weighted by atomic mass is 9.50. The zero-order valence-electron chi connectivity index (χ0n) is 29.5. The van der Waals surface area contributed by atoms with Crippen molar-refractivity contribution in [3.05, 3.63) is 64.8 Å². The largest absolute Gasteiger partial charge is 0.444 e. The molecule has 246 valence electrons. The monoisotopic (exact) mass is 633 g/mol. The number of fused-ring (bicyclic) bond motifs is 1. The fraction of sp³-hybridized carbons (Fsp3) is 0.658.